The molecule has 2 fully saturated rings. The number of aromatic nitrogens is 1. The SMILES string of the molecule is Cl.Cl.FC(F)(F)c1cnc(N2CCC3(CC2)NCCS3)c(Cl)c1. The summed E-state index contributed by atoms with van der Waals surface area (Å²) in [7, 11) is 0. The first-order valence-electron chi connectivity index (χ1n) is 6.76. The van der Waals surface area contributed by atoms with Gasteiger partial charge in [-0.2, -0.15) is 13.2 Å². The lowest BCUT2D eigenvalue weighted by molar-refractivity contribution is -0.137. The van der Waals surface area contributed by atoms with Crippen LogP contribution in [0.1, 0.15) is 18.4 Å². The number of anilines is 1. The van der Waals surface area contributed by atoms with Crippen LogP contribution in [0.3, 0.4) is 0 Å². The van der Waals surface area contributed by atoms with E-state index < -0.39 is 11.7 Å². The monoisotopic (exact) mass is 409 g/mol. The molecule has 1 aromatic rings. The second-order valence-electron chi connectivity index (χ2n) is 5.28. The van der Waals surface area contributed by atoms with Crippen molar-refractivity contribution in [2.45, 2.75) is 23.9 Å². The molecule has 132 valence electrons. The summed E-state index contributed by atoms with van der Waals surface area (Å²) in [6.45, 7) is 2.51. The summed E-state index contributed by atoms with van der Waals surface area (Å²) >= 11 is 7.93. The summed E-state index contributed by atoms with van der Waals surface area (Å²) in [6.07, 6.45) is -1.67. The number of thioether (sulfide) groups is 1. The molecule has 1 aromatic heterocycles. The molecule has 0 bridgehead atoms. The number of nitrogens with zero attached hydrogens (tertiary/aromatic N) is 2. The zero-order valence-corrected chi connectivity index (χ0v) is 15.2. The van der Waals surface area contributed by atoms with Crippen molar-refractivity contribution in [3.63, 3.8) is 0 Å². The van der Waals surface area contributed by atoms with E-state index in [1.807, 2.05) is 16.7 Å². The largest absolute Gasteiger partial charge is 0.417 e. The normalized spacial score (nSPS) is 20.1. The topological polar surface area (TPSA) is 28.2 Å². The summed E-state index contributed by atoms with van der Waals surface area (Å²) in [5, 5.41) is 3.58. The van der Waals surface area contributed by atoms with Crippen molar-refractivity contribution in [2.24, 2.45) is 0 Å². The van der Waals surface area contributed by atoms with Gasteiger partial charge >= 0.3 is 6.18 Å². The molecule has 0 aliphatic carbocycles. The number of alkyl halides is 3. The zero-order valence-electron chi connectivity index (χ0n) is 12.0. The van der Waals surface area contributed by atoms with Crippen LogP contribution in [-0.2, 0) is 6.18 Å². The van der Waals surface area contributed by atoms with Crippen molar-refractivity contribution in [3.8, 4) is 0 Å². The van der Waals surface area contributed by atoms with Crippen LogP contribution in [0, 0.1) is 0 Å². The van der Waals surface area contributed by atoms with Gasteiger partial charge < -0.3 is 10.2 Å². The summed E-state index contributed by atoms with van der Waals surface area (Å²) in [5.74, 6) is 1.56. The Morgan fingerprint density at radius 2 is 1.91 bits per heavy atom. The Labute approximate surface area is 154 Å². The molecule has 0 unspecified atom stereocenters. The highest BCUT2D eigenvalue weighted by molar-refractivity contribution is 8.00. The van der Waals surface area contributed by atoms with E-state index in [4.69, 9.17) is 11.6 Å². The molecule has 1 spiro atoms. The summed E-state index contributed by atoms with van der Waals surface area (Å²) in [6, 6.07) is 0.955. The molecule has 0 radical (unpaired) electrons. The molecule has 2 aliphatic heterocycles. The van der Waals surface area contributed by atoms with Crippen LogP contribution in [0.4, 0.5) is 19.0 Å². The molecule has 0 saturated carbocycles. The summed E-state index contributed by atoms with van der Waals surface area (Å²) < 4.78 is 37.9. The average molecular weight is 411 g/mol. The number of hydrogen-bond donors (Lipinski definition) is 1. The highest BCUT2D eigenvalue weighted by Crippen LogP contribution is 2.39. The highest BCUT2D eigenvalue weighted by atomic mass is 35.5. The number of rotatable bonds is 1. The van der Waals surface area contributed by atoms with Crippen molar-refractivity contribution >= 4 is 54.0 Å². The molecule has 3 heterocycles. The van der Waals surface area contributed by atoms with E-state index >= 15 is 0 Å². The molecule has 3 rings (SSSR count). The predicted molar refractivity (Wildman–Crippen MR) is 93.4 cm³/mol. The Bertz CT molecular complexity index is 529. The molecule has 0 amide bonds. The van der Waals surface area contributed by atoms with Crippen LogP contribution in [0.15, 0.2) is 12.3 Å². The van der Waals surface area contributed by atoms with Gasteiger partial charge in [0.1, 0.15) is 5.82 Å². The lowest BCUT2D eigenvalue weighted by Crippen LogP contribution is -2.48. The second-order valence-corrected chi connectivity index (χ2v) is 7.17. The van der Waals surface area contributed by atoms with Crippen LogP contribution in [0.5, 0.6) is 0 Å². The molecule has 3 nitrogen and oxygen atoms in total. The van der Waals surface area contributed by atoms with Gasteiger partial charge in [-0.3, -0.25) is 0 Å². The molecular weight excluding hydrogens is 394 g/mol. The fourth-order valence-electron chi connectivity index (χ4n) is 2.80. The van der Waals surface area contributed by atoms with Crippen LogP contribution in [0.2, 0.25) is 5.02 Å². The summed E-state index contributed by atoms with van der Waals surface area (Å²) in [4.78, 5) is 6.03. The van der Waals surface area contributed by atoms with Gasteiger partial charge in [0.25, 0.3) is 0 Å². The number of halogens is 6. The van der Waals surface area contributed by atoms with Crippen molar-refractivity contribution in [2.75, 3.05) is 30.3 Å². The number of hydrogen-bond acceptors (Lipinski definition) is 4. The molecule has 23 heavy (non-hydrogen) atoms. The number of piperidine rings is 1. The van der Waals surface area contributed by atoms with Gasteiger partial charge in [0.15, 0.2) is 0 Å². The van der Waals surface area contributed by atoms with Gasteiger partial charge in [0.2, 0.25) is 0 Å². The molecular formula is C13H17Cl3F3N3S. The van der Waals surface area contributed by atoms with E-state index in [9.17, 15) is 13.2 Å². The number of pyridine rings is 1. The van der Waals surface area contributed by atoms with E-state index in [2.05, 4.69) is 10.3 Å². The molecule has 1 N–H and O–H groups in total. The quantitative estimate of drug-likeness (QED) is 0.750. The van der Waals surface area contributed by atoms with Crippen molar-refractivity contribution in [1.82, 2.24) is 10.3 Å². The Kier molecular flexibility index (Phi) is 7.17. The first-order chi connectivity index (χ1) is 9.90. The Morgan fingerprint density at radius 3 is 2.39 bits per heavy atom. The van der Waals surface area contributed by atoms with E-state index in [0.717, 1.165) is 50.5 Å². The van der Waals surface area contributed by atoms with Gasteiger partial charge in [0, 0.05) is 31.6 Å². The Balaban J connectivity index is 0.00000132. The average Bonchev–Trinajstić information content (AvgIpc) is 2.87. The van der Waals surface area contributed by atoms with Crippen molar-refractivity contribution in [3.05, 3.63) is 22.8 Å². The lowest BCUT2D eigenvalue weighted by atomic mass is 10.0. The third-order valence-electron chi connectivity index (χ3n) is 3.95. The van der Waals surface area contributed by atoms with Crippen LogP contribution in [-0.4, -0.2) is 35.2 Å². The third-order valence-corrected chi connectivity index (χ3v) is 5.74. The maximum Gasteiger partial charge on any atom is 0.417 e. The van der Waals surface area contributed by atoms with Crippen LogP contribution >= 0.6 is 48.2 Å². The lowest BCUT2D eigenvalue weighted by Gasteiger charge is -2.39. The van der Waals surface area contributed by atoms with E-state index in [-0.39, 0.29) is 34.7 Å². The van der Waals surface area contributed by atoms with Crippen molar-refractivity contribution < 1.29 is 13.2 Å². The maximum absolute atomic E-state index is 12.6. The minimum absolute atomic E-state index is 0. The highest BCUT2D eigenvalue weighted by Gasteiger charge is 2.38. The van der Waals surface area contributed by atoms with E-state index in [0.29, 0.717) is 5.82 Å². The van der Waals surface area contributed by atoms with Gasteiger partial charge in [-0.15, -0.1) is 36.6 Å². The first kappa shape index (κ1) is 21.0. The molecule has 10 heteroatoms. The maximum atomic E-state index is 12.6. The van der Waals surface area contributed by atoms with E-state index in [1.165, 1.54) is 0 Å². The Hall–Kier alpha value is -0.0800. The zero-order chi connectivity index (χ0) is 15.1. The minimum atomic E-state index is -4.41. The fourth-order valence-corrected chi connectivity index (χ4v) is 4.35. The molecule has 0 atom stereocenters. The van der Waals surface area contributed by atoms with Crippen LogP contribution in [0.25, 0.3) is 0 Å². The standard InChI is InChI=1S/C13H15ClF3N3S.2ClH/c14-10-7-9(13(15,16)17)8-18-11(10)20-4-1-12(2-5-20)19-3-6-21-12;;/h7-8,19H,1-6H2;2*1H. The molecule has 2 aliphatic rings. The van der Waals surface area contributed by atoms with Crippen molar-refractivity contribution in [1.29, 1.82) is 0 Å². The molecule has 0 aromatic carbocycles. The number of nitrogens with one attached hydrogen (secondary N) is 1. The van der Waals surface area contributed by atoms with Gasteiger partial charge in [-0.25, -0.2) is 4.98 Å². The van der Waals surface area contributed by atoms with E-state index in [1.54, 1.807) is 0 Å². The van der Waals surface area contributed by atoms with Crippen LogP contribution < -0.4 is 10.2 Å². The molecule has 2 saturated heterocycles. The second kappa shape index (κ2) is 7.87. The fraction of sp³-hybridized carbons (Fsp3) is 0.615. The predicted octanol–water partition coefficient (Wildman–Crippen LogP) is 4.23. The van der Waals surface area contributed by atoms with Gasteiger partial charge in [0.05, 0.1) is 15.5 Å². The smallest absolute Gasteiger partial charge is 0.355 e. The minimum Gasteiger partial charge on any atom is -0.355 e. The van der Waals surface area contributed by atoms with Gasteiger partial charge in [-0.1, -0.05) is 11.6 Å². The summed E-state index contributed by atoms with van der Waals surface area (Å²) in [5.41, 5.74) is -0.808. The third kappa shape index (κ3) is 4.51. The first-order valence-corrected chi connectivity index (χ1v) is 8.13. The Morgan fingerprint density at radius 1 is 1.26 bits per heavy atom. The van der Waals surface area contributed by atoms with Gasteiger partial charge in [-0.05, 0) is 18.9 Å².